The van der Waals surface area contributed by atoms with E-state index in [9.17, 15) is 14.4 Å². The third kappa shape index (κ3) is 6.85. The number of carbonyl (C=O) groups excluding carboxylic acids is 3. The molecule has 0 saturated carbocycles. The number of hydrogen-bond donors (Lipinski definition) is 3. The molecule has 0 aromatic heterocycles. The third-order valence-corrected chi connectivity index (χ3v) is 7.46. The highest BCUT2D eigenvalue weighted by Gasteiger charge is 2.35. The summed E-state index contributed by atoms with van der Waals surface area (Å²) in [6.07, 6.45) is 1.89. The molecular formula is C29H30Cl2N4O3. The lowest BCUT2D eigenvalue weighted by Crippen LogP contribution is -2.56. The van der Waals surface area contributed by atoms with E-state index in [0.717, 1.165) is 17.5 Å². The number of hydrogen-bond acceptors (Lipinski definition) is 4. The Kier molecular flexibility index (Phi) is 9.26. The van der Waals surface area contributed by atoms with Gasteiger partial charge in [0.1, 0.15) is 18.1 Å². The van der Waals surface area contributed by atoms with Crippen molar-refractivity contribution in [1.82, 2.24) is 10.6 Å². The SMILES string of the molecule is NC(=O)[C@H](Cc1ccccc1)NC(=O)[C@H](Cc1ccccc1)NC(=O)[C@@H]1CCCN1c1cccc(Cl)c1Cl. The molecule has 0 aliphatic carbocycles. The molecule has 0 bridgehead atoms. The minimum atomic E-state index is -0.923. The summed E-state index contributed by atoms with van der Waals surface area (Å²) in [5.41, 5.74) is 8.03. The highest BCUT2D eigenvalue weighted by molar-refractivity contribution is 6.43. The van der Waals surface area contributed by atoms with Crippen molar-refractivity contribution in [3.63, 3.8) is 0 Å². The monoisotopic (exact) mass is 552 g/mol. The van der Waals surface area contributed by atoms with Gasteiger partial charge in [0.2, 0.25) is 17.7 Å². The molecule has 38 heavy (non-hydrogen) atoms. The van der Waals surface area contributed by atoms with Gasteiger partial charge in [-0.15, -0.1) is 0 Å². The second-order valence-electron chi connectivity index (χ2n) is 9.33. The number of nitrogens with one attached hydrogen (secondary N) is 2. The predicted octanol–water partition coefficient (Wildman–Crippen LogP) is 3.90. The summed E-state index contributed by atoms with van der Waals surface area (Å²) in [4.78, 5) is 41.1. The maximum Gasteiger partial charge on any atom is 0.243 e. The van der Waals surface area contributed by atoms with Gasteiger partial charge in [-0.1, -0.05) is 89.9 Å². The molecule has 1 heterocycles. The molecule has 3 aromatic rings. The number of nitrogens with two attached hydrogens (primary N) is 1. The first kappa shape index (κ1) is 27.5. The van der Waals surface area contributed by atoms with Crippen LogP contribution >= 0.6 is 23.2 Å². The summed E-state index contributed by atoms with van der Waals surface area (Å²) in [7, 11) is 0. The van der Waals surface area contributed by atoms with Crippen LogP contribution in [-0.2, 0) is 27.2 Å². The molecule has 3 amide bonds. The number of halogens is 2. The lowest BCUT2D eigenvalue weighted by molar-refractivity contribution is -0.131. The van der Waals surface area contributed by atoms with E-state index < -0.39 is 29.9 Å². The number of carbonyl (C=O) groups is 3. The van der Waals surface area contributed by atoms with E-state index in [-0.39, 0.29) is 18.7 Å². The Morgan fingerprint density at radius 2 is 1.45 bits per heavy atom. The first-order valence-electron chi connectivity index (χ1n) is 12.5. The van der Waals surface area contributed by atoms with Gasteiger partial charge in [0.25, 0.3) is 0 Å². The van der Waals surface area contributed by atoms with Crippen LogP contribution in [0.4, 0.5) is 5.69 Å². The standard InChI is InChI=1S/C29H30Cl2N4O3/c30-21-13-7-14-24(26(21)31)35-16-8-15-25(35)29(38)34-23(18-20-11-5-2-6-12-20)28(37)33-22(27(32)36)17-19-9-3-1-4-10-19/h1-7,9-14,22-23,25H,8,15-18H2,(H2,32,36)(H,33,37)(H,34,38)/t22-,23-,25-/m0/s1. The summed E-state index contributed by atoms with van der Waals surface area (Å²) in [6.45, 7) is 0.633. The summed E-state index contributed by atoms with van der Waals surface area (Å²) in [5, 5.41) is 6.49. The second-order valence-corrected chi connectivity index (χ2v) is 10.1. The summed E-state index contributed by atoms with van der Waals surface area (Å²) in [6, 6.07) is 21.6. The highest BCUT2D eigenvalue weighted by Crippen LogP contribution is 2.36. The molecule has 0 spiro atoms. The number of amides is 3. The fraction of sp³-hybridized carbons (Fsp3) is 0.276. The van der Waals surface area contributed by atoms with Crippen LogP contribution in [0.25, 0.3) is 0 Å². The topological polar surface area (TPSA) is 105 Å². The van der Waals surface area contributed by atoms with Crippen LogP contribution in [0.2, 0.25) is 10.0 Å². The molecule has 9 heteroatoms. The van der Waals surface area contributed by atoms with Crippen LogP contribution in [0.15, 0.2) is 78.9 Å². The largest absolute Gasteiger partial charge is 0.368 e. The first-order valence-corrected chi connectivity index (χ1v) is 13.3. The van der Waals surface area contributed by atoms with E-state index in [1.165, 1.54) is 0 Å². The Morgan fingerprint density at radius 3 is 2.05 bits per heavy atom. The molecule has 3 atom stereocenters. The van der Waals surface area contributed by atoms with Crippen molar-refractivity contribution in [3.8, 4) is 0 Å². The molecule has 0 radical (unpaired) electrons. The summed E-state index contributed by atoms with van der Waals surface area (Å²) < 4.78 is 0. The van der Waals surface area contributed by atoms with E-state index in [4.69, 9.17) is 28.9 Å². The summed E-state index contributed by atoms with van der Waals surface area (Å²) in [5.74, 6) is -1.43. The molecule has 3 aromatic carbocycles. The lowest BCUT2D eigenvalue weighted by atomic mass is 10.0. The van der Waals surface area contributed by atoms with Crippen molar-refractivity contribution < 1.29 is 14.4 Å². The van der Waals surface area contributed by atoms with E-state index in [1.54, 1.807) is 12.1 Å². The van der Waals surface area contributed by atoms with Gasteiger partial charge in [-0.25, -0.2) is 0 Å². The average molecular weight is 553 g/mol. The number of primary amides is 1. The minimum Gasteiger partial charge on any atom is -0.368 e. The van der Waals surface area contributed by atoms with Crippen LogP contribution in [-0.4, -0.2) is 42.4 Å². The van der Waals surface area contributed by atoms with Gasteiger partial charge >= 0.3 is 0 Å². The van der Waals surface area contributed by atoms with E-state index in [0.29, 0.717) is 28.7 Å². The first-order chi connectivity index (χ1) is 18.3. The number of anilines is 1. The molecule has 1 saturated heterocycles. The van der Waals surface area contributed by atoms with Crippen molar-refractivity contribution in [2.45, 2.75) is 43.8 Å². The van der Waals surface area contributed by atoms with Crippen molar-refractivity contribution in [2.24, 2.45) is 5.73 Å². The average Bonchev–Trinajstić information content (AvgIpc) is 3.40. The van der Waals surface area contributed by atoms with Crippen LogP contribution < -0.4 is 21.3 Å². The van der Waals surface area contributed by atoms with Crippen molar-refractivity contribution in [2.75, 3.05) is 11.4 Å². The van der Waals surface area contributed by atoms with Crippen molar-refractivity contribution in [3.05, 3.63) is 100 Å². The van der Waals surface area contributed by atoms with Crippen LogP contribution in [0.3, 0.4) is 0 Å². The van der Waals surface area contributed by atoms with Crippen LogP contribution in [0, 0.1) is 0 Å². The quantitative estimate of drug-likeness (QED) is 0.354. The van der Waals surface area contributed by atoms with Crippen molar-refractivity contribution in [1.29, 1.82) is 0 Å². The number of nitrogens with zero attached hydrogens (tertiary/aromatic N) is 1. The molecule has 198 valence electrons. The minimum absolute atomic E-state index is 0.248. The molecule has 1 aliphatic heterocycles. The van der Waals surface area contributed by atoms with Crippen LogP contribution in [0.5, 0.6) is 0 Å². The zero-order chi connectivity index (χ0) is 27.1. The van der Waals surface area contributed by atoms with Gasteiger partial charge in [0.15, 0.2) is 0 Å². The van der Waals surface area contributed by atoms with Crippen LogP contribution in [0.1, 0.15) is 24.0 Å². The zero-order valence-corrected chi connectivity index (χ0v) is 22.3. The van der Waals surface area contributed by atoms with E-state index >= 15 is 0 Å². The smallest absolute Gasteiger partial charge is 0.243 e. The fourth-order valence-corrected chi connectivity index (χ4v) is 5.12. The van der Waals surface area contributed by atoms with Crippen molar-refractivity contribution >= 4 is 46.6 Å². The number of rotatable bonds is 10. The Hall–Kier alpha value is -3.55. The molecule has 1 aliphatic rings. The van der Waals surface area contributed by atoms with E-state index in [1.807, 2.05) is 71.6 Å². The van der Waals surface area contributed by atoms with Gasteiger partial charge in [-0.3, -0.25) is 14.4 Å². The van der Waals surface area contributed by atoms with Gasteiger partial charge in [0.05, 0.1) is 15.7 Å². The molecule has 7 nitrogen and oxygen atoms in total. The maximum absolute atomic E-state index is 13.5. The Balaban J connectivity index is 1.53. The fourth-order valence-electron chi connectivity index (χ4n) is 4.71. The summed E-state index contributed by atoms with van der Waals surface area (Å²) >= 11 is 12.7. The third-order valence-electron chi connectivity index (χ3n) is 6.65. The molecule has 4 N–H and O–H groups in total. The van der Waals surface area contributed by atoms with Gasteiger partial charge in [-0.2, -0.15) is 0 Å². The molecular weight excluding hydrogens is 523 g/mol. The van der Waals surface area contributed by atoms with Gasteiger partial charge in [-0.05, 0) is 36.1 Å². The Bertz CT molecular complexity index is 1270. The predicted molar refractivity (Wildman–Crippen MR) is 150 cm³/mol. The van der Waals surface area contributed by atoms with Gasteiger partial charge in [0, 0.05) is 19.4 Å². The Labute approximate surface area is 232 Å². The second kappa shape index (κ2) is 12.8. The van der Waals surface area contributed by atoms with Gasteiger partial charge < -0.3 is 21.3 Å². The number of benzene rings is 3. The molecule has 0 unspecified atom stereocenters. The Morgan fingerprint density at radius 1 is 0.842 bits per heavy atom. The highest BCUT2D eigenvalue weighted by atomic mass is 35.5. The molecule has 1 fully saturated rings. The van der Waals surface area contributed by atoms with E-state index in [2.05, 4.69) is 10.6 Å². The normalized spacial score (nSPS) is 16.5. The zero-order valence-electron chi connectivity index (χ0n) is 20.8. The maximum atomic E-state index is 13.5. The molecule has 4 rings (SSSR count). The lowest BCUT2D eigenvalue weighted by Gasteiger charge is -2.29.